The van der Waals surface area contributed by atoms with Gasteiger partial charge < -0.3 is 24.5 Å². The topological polar surface area (TPSA) is 79.7 Å². The van der Waals surface area contributed by atoms with Gasteiger partial charge in [0.2, 0.25) is 0 Å². The Morgan fingerprint density at radius 3 is 2.62 bits per heavy atom. The van der Waals surface area contributed by atoms with Crippen LogP contribution in [0.5, 0.6) is 11.5 Å². The average Bonchev–Trinajstić information content (AvgIpc) is 3.09. The summed E-state index contributed by atoms with van der Waals surface area (Å²) in [5, 5.41) is 10.7. The predicted molar refractivity (Wildman–Crippen MR) is 110 cm³/mol. The maximum atomic E-state index is 12.4. The highest BCUT2D eigenvalue weighted by molar-refractivity contribution is 5.75. The summed E-state index contributed by atoms with van der Waals surface area (Å²) < 4.78 is 13.5. The van der Waals surface area contributed by atoms with Gasteiger partial charge in [-0.1, -0.05) is 24.3 Å². The second-order valence-corrected chi connectivity index (χ2v) is 7.83. The SMILES string of the molecule is O=c1[nH]c2ccccc2n1C1CCN(C[C@H](O)[C@@H]2COc3ccccc3O2)CC1. The molecule has 2 aliphatic rings. The van der Waals surface area contributed by atoms with E-state index in [1.807, 2.05) is 53.1 Å². The van der Waals surface area contributed by atoms with Gasteiger partial charge >= 0.3 is 5.69 Å². The second-order valence-electron chi connectivity index (χ2n) is 7.83. The lowest BCUT2D eigenvalue weighted by Crippen LogP contribution is -2.48. The molecule has 0 saturated carbocycles. The fourth-order valence-electron chi connectivity index (χ4n) is 4.40. The number of β-amino-alcohol motifs (C(OH)–C–C–N with tert-alkyl or cyclic N) is 1. The number of hydrogen-bond donors (Lipinski definition) is 2. The Bertz CT molecular complexity index is 1050. The molecule has 152 valence electrons. The quantitative estimate of drug-likeness (QED) is 0.708. The molecule has 0 bridgehead atoms. The number of rotatable bonds is 4. The third-order valence-corrected chi connectivity index (χ3v) is 5.95. The normalized spacial score (nSPS) is 21.3. The van der Waals surface area contributed by atoms with Crippen molar-refractivity contribution in [3.63, 3.8) is 0 Å². The molecule has 2 aromatic carbocycles. The van der Waals surface area contributed by atoms with Crippen LogP contribution in [0.1, 0.15) is 18.9 Å². The van der Waals surface area contributed by atoms with Crippen LogP contribution in [-0.2, 0) is 0 Å². The lowest BCUT2D eigenvalue weighted by molar-refractivity contribution is -0.0289. The Labute approximate surface area is 168 Å². The number of aliphatic hydroxyl groups excluding tert-OH is 1. The van der Waals surface area contributed by atoms with Crippen molar-refractivity contribution >= 4 is 11.0 Å². The molecule has 7 nitrogen and oxygen atoms in total. The van der Waals surface area contributed by atoms with Gasteiger partial charge in [-0.2, -0.15) is 0 Å². The first kappa shape index (κ1) is 18.3. The summed E-state index contributed by atoms with van der Waals surface area (Å²) in [7, 11) is 0. The molecule has 0 aliphatic carbocycles. The first-order valence-electron chi connectivity index (χ1n) is 10.2. The van der Waals surface area contributed by atoms with E-state index in [1.165, 1.54) is 0 Å². The van der Waals surface area contributed by atoms with Crippen molar-refractivity contribution in [1.29, 1.82) is 0 Å². The molecule has 2 N–H and O–H groups in total. The van der Waals surface area contributed by atoms with Gasteiger partial charge in [0.15, 0.2) is 17.6 Å². The molecule has 7 heteroatoms. The summed E-state index contributed by atoms with van der Waals surface area (Å²) in [6.07, 6.45) is 0.744. The first-order chi connectivity index (χ1) is 14.2. The minimum absolute atomic E-state index is 0.0453. The van der Waals surface area contributed by atoms with Crippen molar-refractivity contribution < 1.29 is 14.6 Å². The molecule has 0 amide bonds. The molecule has 1 saturated heterocycles. The van der Waals surface area contributed by atoms with Crippen molar-refractivity contribution in [1.82, 2.24) is 14.5 Å². The van der Waals surface area contributed by atoms with Crippen molar-refractivity contribution in [2.75, 3.05) is 26.2 Å². The Morgan fingerprint density at radius 2 is 1.79 bits per heavy atom. The number of imidazole rings is 1. The Balaban J connectivity index is 1.20. The van der Waals surface area contributed by atoms with Gasteiger partial charge in [-0.25, -0.2) is 4.79 Å². The summed E-state index contributed by atoms with van der Waals surface area (Å²) >= 11 is 0. The number of fused-ring (bicyclic) bond motifs is 2. The van der Waals surface area contributed by atoms with Gasteiger partial charge in [-0.05, 0) is 37.1 Å². The number of likely N-dealkylation sites (tertiary alicyclic amines) is 1. The number of para-hydroxylation sites is 4. The van der Waals surface area contributed by atoms with Crippen LogP contribution in [0.2, 0.25) is 0 Å². The molecule has 2 aliphatic heterocycles. The van der Waals surface area contributed by atoms with Crippen LogP contribution in [-0.4, -0.2) is 58.0 Å². The van der Waals surface area contributed by atoms with Crippen molar-refractivity contribution in [3.8, 4) is 11.5 Å². The van der Waals surface area contributed by atoms with Gasteiger partial charge in [0.1, 0.15) is 12.7 Å². The molecular formula is C22H25N3O4. The van der Waals surface area contributed by atoms with E-state index < -0.39 is 6.10 Å². The summed E-state index contributed by atoms with van der Waals surface area (Å²) in [6.45, 7) is 2.54. The molecule has 2 atom stereocenters. The van der Waals surface area contributed by atoms with Crippen LogP contribution in [0.25, 0.3) is 11.0 Å². The van der Waals surface area contributed by atoms with E-state index in [2.05, 4.69) is 9.88 Å². The lowest BCUT2D eigenvalue weighted by Gasteiger charge is -2.36. The van der Waals surface area contributed by atoms with Crippen LogP contribution >= 0.6 is 0 Å². The third-order valence-electron chi connectivity index (χ3n) is 5.95. The molecular weight excluding hydrogens is 370 g/mol. The summed E-state index contributed by atoms with van der Waals surface area (Å²) in [5.74, 6) is 1.40. The van der Waals surface area contributed by atoms with Crippen molar-refractivity contribution in [3.05, 3.63) is 59.0 Å². The third kappa shape index (κ3) is 3.52. The van der Waals surface area contributed by atoms with Gasteiger partial charge in [0, 0.05) is 25.7 Å². The number of benzene rings is 2. The van der Waals surface area contributed by atoms with E-state index in [0.717, 1.165) is 42.7 Å². The van der Waals surface area contributed by atoms with E-state index in [4.69, 9.17) is 9.47 Å². The van der Waals surface area contributed by atoms with Crippen molar-refractivity contribution in [2.24, 2.45) is 0 Å². The molecule has 5 rings (SSSR count). The fraction of sp³-hybridized carbons (Fsp3) is 0.409. The van der Waals surface area contributed by atoms with E-state index in [1.54, 1.807) is 0 Å². The van der Waals surface area contributed by atoms with E-state index in [0.29, 0.717) is 18.9 Å². The van der Waals surface area contributed by atoms with Crippen LogP contribution < -0.4 is 15.2 Å². The molecule has 29 heavy (non-hydrogen) atoms. The van der Waals surface area contributed by atoms with Gasteiger partial charge in [0.05, 0.1) is 11.0 Å². The zero-order valence-corrected chi connectivity index (χ0v) is 16.2. The number of aliphatic hydroxyl groups is 1. The molecule has 3 aromatic rings. The number of piperidine rings is 1. The summed E-state index contributed by atoms with van der Waals surface area (Å²) in [5.41, 5.74) is 1.79. The highest BCUT2D eigenvalue weighted by atomic mass is 16.6. The minimum atomic E-state index is -0.629. The molecule has 3 heterocycles. The monoisotopic (exact) mass is 395 g/mol. The second kappa shape index (κ2) is 7.57. The largest absolute Gasteiger partial charge is 0.486 e. The molecule has 0 spiro atoms. The van der Waals surface area contributed by atoms with Crippen LogP contribution in [0.15, 0.2) is 53.3 Å². The summed E-state index contributed by atoms with van der Waals surface area (Å²) in [6, 6.07) is 15.5. The predicted octanol–water partition coefficient (Wildman–Crippen LogP) is 2.17. The standard InChI is InChI=1S/C22H25N3O4/c26-18(21-14-28-19-7-3-4-8-20(19)29-21)13-24-11-9-15(10-12-24)25-17-6-2-1-5-16(17)23-22(25)27/h1-8,15,18,21,26H,9-14H2,(H,23,27)/t18-,21-/m0/s1. The Hall–Kier alpha value is -2.77. The number of nitrogens with one attached hydrogen (secondary N) is 1. The zero-order valence-electron chi connectivity index (χ0n) is 16.2. The van der Waals surface area contributed by atoms with Crippen molar-refractivity contribution in [2.45, 2.75) is 31.1 Å². The molecule has 0 radical (unpaired) electrons. The van der Waals surface area contributed by atoms with Crippen LogP contribution in [0.3, 0.4) is 0 Å². The maximum absolute atomic E-state index is 12.4. The number of aromatic amines is 1. The number of aromatic nitrogens is 2. The Kier molecular flexibility index (Phi) is 4.77. The maximum Gasteiger partial charge on any atom is 0.326 e. The smallest absolute Gasteiger partial charge is 0.326 e. The molecule has 1 aromatic heterocycles. The van der Waals surface area contributed by atoms with E-state index in [-0.39, 0.29) is 17.8 Å². The van der Waals surface area contributed by atoms with E-state index >= 15 is 0 Å². The van der Waals surface area contributed by atoms with Crippen LogP contribution in [0, 0.1) is 0 Å². The van der Waals surface area contributed by atoms with Gasteiger partial charge in [-0.3, -0.25) is 4.57 Å². The fourth-order valence-corrected chi connectivity index (χ4v) is 4.40. The number of H-pyrrole nitrogens is 1. The Morgan fingerprint density at radius 1 is 1.07 bits per heavy atom. The molecule has 1 fully saturated rings. The zero-order chi connectivity index (χ0) is 19.8. The number of hydrogen-bond acceptors (Lipinski definition) is 5. The average molecular weight is 395 g/mol. The molecule has 0 unspecified atom stereocenters. The van der Waals surface area contributed by atoms with E-state index in [9.17, 15) is 9.90 Å². The summed E-state index contributed by atoms with van der Waals surface area (Å²) in [4.78, 5) is 17.6. The highest BCUT2D eigenvalue weighted by Gasteiger charge is 2.31. The lowest BCUT2D eigenvalue weighted by atomic mass is 10.0. The first-order valence-corrected chi connectivity index (χ1v) is 10.2. The highest BCUT2D eigenvalue weighted by Crippen LogP contribution is 2.32. The number of ether oxygens (including phenoxy) is 2. The van der Waals surface area contributed by atoms with Crippen LogP contribution in [0.4, 0.5) is 0 Å². The minimum Gasteiger partial charge on any atom is -0.486 e. The van der Waals surface area contributed by atoms with Gasteiger partial charge in [0.25, 0.3) is 0 Å². The van der Waals surface area contributed by atoms with Gasteiger partial charge in [-0.15, -0.1) is 0 Å². The number of nitrogens with zero attached hydrogens (tertiary/aromatic N) is 2.